The van der Waals surface area contributed by atoms with Gasteiger partial charge in [0.15, 0.2) is 5.43 Å². The van der Waals surface area contributed by atoms with Gasteiger partial charge in [0.25, 0.3) is 5.91 Å². The first-order valence-corrected chi connectivity index (χ1v) is 11.4. The highest BCUT2D eigenvalue weighted by molar-refractivity contribution is 6.42. The Hall–Kier alpha value is -2.34. The summed E-state index contributed by atoms with van der Waals surface area (Å²) in [5.74, 6) is -0.140. The van der Waals surface area contributed by atoms with Crippen LogP contribution in [0, 0.1) is 0 Å². The predicted molar refractivity (Wildman–Crippen MR) is 123 cm³/mol. The van der Waals surface area contributed by atoms with Gasteiger partial charge in [-0.3, -0.25) is 9.59 Å². The van der Waals surface area contributed by atoms with Gasteiger partial charge in [-0.1, -0.05) is 41.4 Å². The summed E-state index contributed by atoms with van der Waals surface area (Å²) in [4.78, 5) is 30.0. The standard InChI is InChI=1S/C24H24Cl2N2O3/c1-3-27(4-2)12-7-13-28-21(15-10-11-17(25)18(26)14-15)20-22(29)16-8-5-6-9-19(16)31-23(20)24(28)30/h5-6,8-11,14,21H,3-4,7,12-13H2,1-2H3/p+1/t21-/m0/s1. The van der Waals surface area contributed by atoms with E-state index in [9.17, 15) is 9.59 Å². The molecule has 1 amide bonds. The third kappa shape index (κ3) is 3.98. The molecule has 0 spiro atoms. The van der Waals surface area contributed by atoms with Crippen LogP contribution in [0.2, 0.25) is 10.0 Å². The summed E-state index contributed by atoms with van der Waals surface area (Å²) in [6.07, 6.45) is 0.822. The molecule has 4 rings (SSSR count). The fourth-order valence-electron chi connectivity index (χ4n) is 4.33. The van der Waals surface area contributed by atoms with Gasteiger partial charge in [0, 0.05) is 13.0 Å². The van der Waals surface area contributed by atoms with E-state index in [0.29, 0.717) is 33.1 Å². The molecule has 2 heterocycles. The van der Waals surface area contributed by atoms with Gasteiger partial charge < -0.3 is 14.2 Å². The first-order valence-electron chi connectivity index (χ1n) is 10.6. The molecule has 2 aromatic carbocycles. The van der Waals surface area contributed by atoms with Gasteiger partial charge in [-0.2, -0.15) is 0 Å². The summed E-state index contributed by atoms with van der Waals surface area (Å²) >= 11 is 12.4. The SMILES string of the molecule is CC[NH+](CC)CCCN1C(=O)c2oc3ccccc3c(=O)c2[C@@H]1c1ccc(Cl)c(Cl)c1. The Bertz CT molecular complexity index is 1190. The summed E-state index contributed by atoms with van der Waals surface area (Å²) < 4.78 is 5.95. The number of quaternary nitrogens is 1. The number of nitrogens with one attached hydrogen (secondary N) is 1. The maximum atomic E-state index is 13.4. The van der Waals surface area contributed by atoms with Crippen LogP contribution in [-0.2, 0) is 0 Å². The van der Waals surface area contributed by atoms with Crippen LogP contribution in [0.25, 0.3) is 11.0 Å². The Labute approximate surface area is 191 Å². The second-order valence-electron chi connectivity index (χ2n) is 7.81. The van der Waals surface area contributed by atoms with E-state index < -0.39 is 6.04 Å². The molecule has 1 atom stereocenters. The molecule has 0 aliphatic carbocycles. The Morgan fingerprint density at radius 1 is 1.03 bits per heavy atom. The summed E-state index contributed by atoms with van der Waals surface area (Å²) in [5.41, 5.74) is 1.36. The zero-order valence-corrected chi connectivity index (χ0v) is 19.1. The number of hydrogen-bond acceptors (Lipinski definition) is 3. The lowest BCUT2D eigenvalue weighted by molar-refractivity contribution is -0.896. The quantitative estimate of drug-likeness (QED) is 0.581. The maximum absolute atomic E-state index is 13.4. The minimum atomic E-state index is -0.551. The highest BCUT2D eigenvalue weighted by atomic mass is 35.5. The zero-order valence-electron chi connectivity index (χ0n) is 17.6. The molecule has 5 nitrogen and oxygen atoms in total. The summed E-state index contributed by atoms with van der Waals surface area (Å²) in [6, 6.07) is 11.7. The average Bonchev–Trinajstić information content (AvgIpc) is 3.05. The van der Waals surface area contributed by atoms with Crippen LogP contribution in [0.4, 0.5) is 0 Å². The van der Waals surface area contributed by atoms with Crippen molar-refractivity contribution < 1.29 is 14.1 Å². The van der Waals surface area contributed by atoms with Gasteiger partial charge in [0.05, 0.1) is 46.7 Å². The third-order valence-corrected chi connectivity index (χ3v) is 6.80. The Kier molecular flexibility index (Phi) is 6.37. The fraction of sp³-hybridized carbons (Fsp3) is 0.333. The molecule has 3 aromatic rings. The number of para-hydroxylation sites is 1. The van der Waals surface area contributed by atoms with E-state index >= 15 is 0 Å². The number of carbonyl (C=O) groups excluding carboxylic acids is 1. The van der Waals surface area contributed by atoms with Crippen LogP contribution in [0.3, 0.4) is 0 Å². The highest BCUT2D eigenvalue weighted by Gasteiger charge is 2.42. The number of hydrogen-bond donors (Lipinski definition) is 1. The lowest BCUT2D eigenvalue weighted by Gasteiger charge is -2.26. The molecule has 1 N–H and O–H groups in total. The molecule has 31 heavy (non-hydrogen) atoms. The van der Waals surface area contributed by atoms with Gasteiger partial charge >= 0.3 is 0 Å². The van der Waals surface area contributed by atoms with Crippen LogP contribution in [0.15, 0.2) is 51.7 Å². The van der Waals surface area contributed by atoms with E-state index in [4.69, 9.17) is 27.6 Å². The minimum absolute atomic E-state index is 0.120. The lowest BCUT2D eigenvalue weighted by atomic mass is 9.98. The van der Waals surface area contributed by atoms with Crippen molar-refractivity contribution in [3.8, 4) is 0 Å². The maximum Gasteiger partial charge on any atom is 0.290 e. The van der Waals surface area contributed by atoms with E-state index in [1.807, 2.05) is 6.07 Å². The molecular formula is C24H25Cl2N2O3+. The summed E-state index contributed by atoms with van der Waals surface area (Å²) in [5, 5.41) is 1.28. The topological polar surface area (TPSA) is 55.0 Å². The number of fused-ring (bicyclic) bond motifs is 2. The summed E-state index contributed by atoms with van der Waals surface area (Å²) in [6.45, 7) is 7.85. The van der Waals surface area contributed by atoms with Gasteiger partial charge in [0.2, 0.25) is 5.76 Å². The van der Waals surface area contributed by atoms with Crippen molar-refractivity contribution in [2.24, 2.45) is 0 Å². The molecule has 0 saturated carbocycles. The third-order valence-electron chi connectivity index (χ3n) is 6.06. The van der Waals surface area contributed by atoms with Gasteiger partial charge in [0.1, 0.15) is 5.58 Å². The van der Waals surface area contributed by atoms with Crippen LogP contribution in [0.1, 0.15) is 48.0 Å². The normalized spacial score (nSPS) is 15.8. The first kappa shape index (κ1) is 21.9. The predicted octanol–water partition coefficient (Wildman–Crippen LogP) is 3.96. The molecule has 0 radical (unpaired) electrons. The van der Waals surface area contributed by atoms with Crippen molar-refractivity contribution in [1.82, 2.24) is 4.90 Å². The second-order valence-corrected chi connectivity index (χ2v) is 8.62. The Balaban J connectivity index is 1.80. The number of rotatable bonds is 7. The van der Waals surface area contributed by atoms with E-state index in [-0.39, 0.29) is 17.1 Å². The molecule has 0 saturated heterocycles. The van der Waals surface area contributed by atoms with Crippen LogP contribution < -0.4 is 10.3 Å². The van der Waals surface area contributed by atoms with Crippen LogP contribution in [-0.4, -0.2) is 37.0 Å². The first-order chi connectivity index (χ1) is 15.0. The molecule has 0 bridgehead atoms. The molecular weight excluding hydrogens is 435 g/mol. The number of halogens is 2. The summed E-state index contributed by atoms with van der Waals surface area (Å²) in [7, 11) is 0. The fourth-order valence-corrected chi connectivity index (χ4v) is 4.64. The second kappa shape index (κ2) is 9.03. The Morgan fingerprint density at radius 2 is 1.77 bits per heavy atom. The molecule has 1 aromatic heterocycles. The lowest BCUT2D eigenvalue weighted by Crippen LogP contribution is -3.11. The number of amides is 1. The van der Waals surface area contributed by atoms with Crippen molar-refractivity contribution >= 4 is 40.1 Å². The van der Waals surface area contributed by atoms with E-state index in [2.05, 4.69) is 13.8 Å². The minimum Gasteiger partial charge on any atom is -0.450 e. The van der Waals surface area contributed by atoms with Crippen LogP contribution in [0.5, 0.6) is 0 Å². The highest BCUT2D eigenvalue weighted by Crippen LogP contribution is 2.39. The molecule has 1 aliphatic heterocycles. The monoisotopic (exact) mass is 459 g/mol. The van der Waals surface area contributed by atoms with E-state index in [0.717, 1.165) is 31.6 Å². The van der Waals surface area contributed by atoms with Gasteiger partial charge in [-0.05, 0) is 43.7 Å². The van der Waals surface area contributed by atoms with Crippen molar-refractivity contribution in [3.05, 3.63) is 79.6 Å². The molecule has 7 heteroatoms. The molecule has 1 aliphatic rings. The Morgan fingerprint density at radius 3 is 2.48 bits per heavy atom. The van der Waals surface area contributed by atoms with Crippen molar-refractivity contribution in [3.63, 3.8) is 0 Å². The van der Waals surface area contributed by atoms with E-state index in [1.165, 1.54) is 4.90 Å². The molecule has 162 valence electrons. The average molecular weight is 460 g/mol. The van der Waals surface area contributed by atoms with Crippen molar-refractivity contribution in [2.45, 2.75) is 26.3 Å². The molecule has 0 unspecified atom stereocenters. The number of carbonyl (C=O) groups is 1. The molecule has 0 fully saturated rings. The smallest absolute Gasteiger partial charge is 0.290 e. The van der Waals surface area contributed by atoms with E-state index in [1.54, 1.807) is 41.3 Å². The van der Waals surface area contributed by atoms with Crippen LogP contribution >= 0.6 is 23.2 Å². The van der Waals surface area contributed by atoms with Gasteiger partial charge in [-0.25, -0.2) is 0 Å². The number of nitrogens with zero attached hydrogens (tertiary/aromatic N) is 1. The zero-order chi connectivity index (χ0) is 22.1. The largest absolute Gasteiger partial charge is 0.450 e. The van der Waals surface area contributed by atoms with Crippen molar-refractivity contribution in [1.29, 1.82) is 0 Å². The van der Waals surface area contributed by atoms with Gasteiger partial charge in [-0.15, -0.1) is 0 Å². The van der Waals surface area contributed by atoms with Crippen molar-refractivity contribution in [2.75, 3.05) is 26.2 Å². The number of benzene rings is 2.